The van der Waals surface area contributed by atoms with Gasteiger partial charge in [0.05, 0.1) is 53.5 Å². The fourth-order valence-electron chi connectivity index (χ4n) is 2.89. The Morgan fingerprint density at radius 2 is 0.842 bits per heavy atom. The maximum Gasteiger partial charge on any atom is 0.543 e. The van der Waals surface area contributed by atoms with Crippen molar-refractivity contribution in [2.24, 2.45) is 17.5 Å². The molecule has 17 heteroatoms. The van der Waals surface area contributed by atoms with Gasteiger partial charge in [0.25, 0.3) is 0 Å². The third-order valence-electron chi connectivity index (χ3n) is 4.73. The van der Waals surface area contributed by atoms with E-state index in [-0.39, 0.29) is 32.1 Å². The number of anilines is 3. The van der Waals surface area contributed by atoms with Crippen molar-refractivity contribution in [3.05, 3.63) is 69.7 Å². The molecule has 0 aliphatic carbocycles. The zero-order valence-corrected chi connectivity index (χ0v) is 23.4. The maximum atomic E-state index is 13.8. The average Bonchev–Trinajstić information content (AvgIpc) is 2.88. The molecule has 0 bridgehead atoms. The molecule has 0 radical (unpaired) electrons. The van der Waals surface area contributed by atoms with E-state index in [1.807, 2.05) is 0 Å². The summed E-state index contributed by atoms with van der Waals surface area (Å²) in [4.78, 5) is 0. The molecular weight excluding hydrogens is 586 g/mol. The molecule has 0 saturated carbocycles. The number of nitrogens with two attached hydrogens (primary N) is 3. The molecule has 0 unspecified atom stereocenters. The summed E-state index contributed by atoms with van der Waals surface area (Å²) in [5, 5.41) is 2.37. The first-order valence-corrected chi connectivity index (χ1v) is 12.9. The molecule has 0 aliphatic heterocycles. The first-order valence-electron chi connectivity index (χ1n) is 10.3. The molecule has 3 aromatic rings. The molecule has 206 valence electrons. The van der Waals surface area contributed by atoms with Gasteiger partial charge in [-0.3, -0.25) is 0 Å². The third kappa shape index (κ3) is 7.24. The Morgan fingerprint density at radius 3 is 1.05 bits per heavy atom. The highest BCUT2D eigenvalue weighted by Crippen LogP contribution is 2.52. The monoisotopic (exact) mass is 608 g/mol. The van der Waals surface area contributed by atoms with Crippen LogP contribution < -0.4 is 47.3 Å². The molecule has 0 aliphatic rings. The van der Waals surface area contributed by atoms with Crippen molar-refractivity contribution in [3.63, 3.8) is 0 Å². The molecule has 0 heterocycles. The van der Waals surface area contributed by atoms with Gasteiger partial charge in [-0.15, -0.1) is 13.9 Å². The van der Waals surface area contributed by atoms with Crippen LogP contribution in [0.3, 0.4) is 0 Å². The molecule has 0 aromatic heterocycles. The second-order valence-corrected chi connectivity index (χ2v) is 9.73. The molecular formula is C21H24Cl3N6O7P. The molecule has 13 nitrogen and oxygen atoms in total. The summed E-state index contributed by atoms with van der Waals surface area (Å²) >= 11 is 18.5. The lowest BCUT2D eigenvalue weighted by Crippen LogP contribution is -2.38. The molecule has 0 amide bonds. The van der Waals surface area contributed by atoms with Gasteiger partial charge in [0.2, 0.25) is 0 Å². The number of hydrogen-bond donors (Lipinski definition) is 3. The van der Waals surface area contributed by atoms with Crippen molar-refractivity contribution in [2.45, 2.75) is 0 Å². The summed E-state index contributed by atoms with van der Waals surface area (Å²) in [7, 11) is -0.485. The van der Waals surface area contributed by atoms with E-state index in [2.05, 4.69) is 0 Å². The smallest absolute Gasteiger partial charge is 0.495 e. The highest BCUT2D eigenvalue weighted by molar-refractivity contribution is 7.48. The summed E-state index contributed by atoms with van der Waals surface area (Å²) < 4.78 is 45.2. The van der Waals surface area contributed by atoms with Gasteiger partial charge in [0, 0.05) is 0 Å². The largest absolute Gasteiger partial charge is 0.543 e. The zero-order chi connectivity index (χ0) is 28.0. The Labute approximate surface area is 233 Å². The number of phosphoric acid groups is 1. The van der Waals surface area contributed by atoms with Gasteiger partial charge >= 0.3 is 7.82 Å². The van der Waals surface area contributed by atoms with Crippen LogP contribution in [0.4, 0.5) is 17.1 Å². The van der Waals surface area contributed by atoms with Crippen molar-refractivity contribution in [1.29, 1.82) is 0 Å². The topological polar surface area (TPSA) is 160 Å². The summed E-state index contributed by atoms with van der Waals surface area (Å²) in [5.41, 5.74) is 0.445. The molecule has 3 aromatic carbocycles. The van der Waals surface area contributed by atoms with Gasteiger partial charge in [-0.05, 0) is 54.6 Å². The van der Waals surface area contributed by atoms with Crippen LogP contribution in [0.2, 0.25) is 15.1 Å². The molecule has 0 saturated heterocycles. The van der Waals surface area contributed by atoms with Gasteiger partial charge < -0.3 is 14.2 Å². The summed E-state index contributed by atoms with van der Waals surface area (Å²) in [6.45, 7) is 0. The highest BCUT2D eigenvalue weighted by Gasteiger charge is 2.37. The maximum absolute atomic E-state index is 13.8. The summed E-state index contributed by atoms with van der Waals surface area (Å²) in [6, 6.07) is 13.1. The van der Waals surface area contributed by atoms with Crippen molar-refractivity contribution in [3.8, 4) is 17.2 Å². The standard InChI is InChI=1S/C21H24Cl3N6O7P/c1-32-19-7-4-13(10-16(19)22)28(25)35-38(31,36-29(26)14-5-8-20(33-2)17(23)11-14)37-30(27)15-6-9-21(34-3)18(24)12-15/h4-12H,25-27H2,1-3H3. The second kappa shape index (κ2) is 12.9. The lowest BCUT2D eigenvalue weighted by atomic mass is 10.3. The number of methoxy groups -OCH3 is 3. The van der Waals surface area contributed by atoms with Crippen molar-refractivity contribution >= 4 is 59.7 Å². The van der Waals surface area contributed by atoms with Crippen molar-refractivity contribution in [1.82, 2.24) is 0 Å². The van der Waals surface area contributed by atoms with E-state index in [0.29, 0.717) is 32.8 Å². The van der Waals surface area contributed by atoms with Crippen LogP contribution in [-0.4, -0.2) is 21.3 Å². The lowest BCUT2D eigenvalue weighted by Gasteiger charge is -2.29. The van der Waals surface area contributed by atoms with Crippen LogP contribution in [0.25, 0.3) is 0 Å². The summed E-state index contributed by atoms with van der Waals surface area (Å²) in [5.74, 6) is 19.0. The zero-order valence-electron chi connectivity index (χ0n) is 20.2. The van der Waals surface area contributed by atoms with Gasteiger partial charge in [-0.25, -0.2) is 22.1 Å². The fraction of sp³-hybridized carbons (Fsp3) is 0.143. The molecule has 6 N–H and O–H groups in total. The van der Waals surface area contributed by atoms with Crippen LogP contribution in [0.5, 0.6) is 17.2 Å². The number of rotatable bonds is 12. The SMILES string of the molecule is COc1ccc(N(N)OP(=O)(ON(N)c2ccc(OC)c(Cl)c2)ON(N)c2ccc(OC)c(Cl)c2)cc1Cl. The molecule has 0 atom stereocenters. The Kier molecular flexibility index (Phi) is 10.2. The number of halogens is 3. The second-order valence-electron chi connectivity index (χ2n) is 7.13. The van der Waals surface area contributed by atoms with E-state index < -0.39 is 7.82 Å². The summed E-state index contributed by atoms with van der Waals surface area (Å²) in [6.07, 6.45) is 0. The predicted octanol–water partition coefficient (Wildman–Crippen LogP) is 5.02. The Balaban J connectivity index is 1.91. The van der Waals surface area contributed by atoms with Gasteiger partial charge in [0.15, 0.2) is 0 Å². The number of ether oxygens (including phenoxy) is 3. The Hall–Kier alpha value is -2.68. The highest BCUT2D eigenvalue weighted by atomic mass is 35.5. The van der Waals surface area contributed by atoms with E-state index in [9.17, 15) is 4.57 Å². The van der Waals surface area contributed by atoms with E-state index >= 15 is 0 Å². The number of benzene rings is 3. The minimum atomic E-state index is -4.81. The molecule has 0 spiro atoms. The Bertz CT molecular complexity index is 1170. The molecule has 3 rings (SSSR count). The van der Waals surface area contributed by atoms with Crippen molar-refractivity contribution in [2.75, 3.05) is 36.8 Å². The number of hydrogen-bond acceptors (Lipinski definition) is 13. The first-order chi connectivity index (χ1) is 18.0. The van der Waals surface area contributed by atoms with E-state index in [0.717, 1.165) is 0 Å². The lowest BCUT2D eigenvalue weighted by molar-refractivity contribution is 0.0860. The quantitative estimate of drug-likeness (QED) is 0.143. The van der Waals surface area contributed by atoms with Gasteiger partial charge in [-0.2, -0.15) is 15.5 Å². The van der Waals surface area contributed by atoms with Crippen LogP contribution >= 0.6 is 42.6 Å². The minimum Gasteiger partial charge on any atom is -0.495 e. The number of hydrazine groups is 3. The van der Waals surface area contributed by atoms with E-state index in [1.54, 1.807) is 0 Å². The predicted molar refractivity (Wildman–Crippen MR) is 145 cm³/mol. The van der Waals surface area contributed by atoms with Crippen LogP contribution in [-0.2, 0) is 18.4 Å². The van der Waals surface area contributed by atoms with E-state index in [4.69, 9.17) is 80.4 Å². The van der Waals surface area contributed by atoms with Crippen molar-refractivity contribution < 1.29 is 32.6 Å². The van der Waals surface area contributed by atoms with Crippen LogP contribution in [0.1, 0.15) is 0 Å². The Morgan fingerprint density at radius 1 is 0.579 bits per heavy atom. The molecule has 0 fully saturated rings. The van der Waals surface area contributed by atoms with Gasteiger partial charge in [0.1, 0.15) is 17.2 Å². The van der Waals surface area contributed by atoms with Gasteiger partial charge in [-0.1, -0.05) is 34.8 Å². The third-order valence-corrected chi connectivity index (χ3v) is 6.75. The normalized spacial score (nSPS) is 11.2. The number of nitrogens with zero attached hydrogens (tertiary/aromatic N) is 3. The first kappa shape index (κ1) is 29.9. The minimum absolute atomic E-state index is 0.148. The average molecular weight is 610 g/mol. The van der Waals surface area contributed by atoms with Crippen LogP contribution in [0.15, 0.2) is 54.6 Å². The fourth-order valence-corrected chi connectivity index (χ4v) is 4.66. The molecule has 38 heavy (non-hydrogen) atoms. The van der Waals surface area contributed by atoms with Crippen LogP contribution in [0, 0.1) is 0 Å². The van der Waals surface area contributed by atoms with E-state index in [1.165, 1.54) is 75.9 Å².